The van der Waals surface area contributed by atoms with Crippen LogP contribution in [-0.4, -0.2) is 19.4 Å². The van der Waals surface area contributed by atoms with E-state index in [1.165, 1.54) is 0 Å². The lowest BCUT2D eigenvalue weighted by Gasteiger charge is -2.13. The highest BCUT2D eigenvalue weighted by Gasteiger charge is 2.37. The lowest BCUT2D eigenvalue weighted by molar-refractivity contribution is -0.138. The number of aldehydes is 1. The Morgan fingerprint density at radius 3 is 2.42 bits per heavy atom. The number of benzene rings is 1. The molecule has 0 aliphatic carbocycles. The molecule has 0 aliphatic heterocycles. The van der Waals surface area contributed by atoms with Crippen molar-refractivity contribution in [1.82, 2.24) is 0 Å². The van der Waals surface area contributed by atoms with Gasteiger partial charge in [0, 0.05) is 5.56 Å². The molecule has 19 heavy (non-hydrogen) atoms. The predicted molar refractivity (Wildman–Crippen MR) is 57.8 cm³/mol. The molecule has 0 amide bonds. The second-order valence-electron chi connectivity index (χ2n) is 3.38. The number of methoxy groups -OCH3 is 1. The standard InChI is InChI=1S/C12H8F4O3/c1-19-11(18)9-8(12(14,15)16)5-4-7(10(9)13)3-2-6-17/h2-6H,1H3/b3-2+. The van der Waals surface area contributed by atoms with E-state index in [9.17, 15) is 27.2 Å². The number of hydrogen-bond acceptors (Lipinski definition) is 3. The Bertz CT molecular complexity index is 533. The highest BCUT2D eigenvalue weighted by atomic mass is 19.4. The molecule has 0 N–H and O–H groups in total. The van der Waals surface area contributed by atoms with Gasteiger partial charge in [0.2, 0.25) is 0 Å². The minimum atomic E-state index is -4.89. The molecule has 1 aromatic rings. The normalized spacial score (nSPS) is 11.6. The van der Waals surface area contributed by atoms with E-state index < -0.39 is 29.1 Å². The summed E-state index contributed by atoms with van der Waals surface area (Å²) in [5.41, 5.74) is -2.95. The topological polar surface area (TPSA) is 43.4 Å². The van der Waals surface area contributed by atoms with Crippen LogP contribution in [0.4, 0.5) is 17.6 Å². The number of halogens is 4. The van der Waals surface area contributed by atoms with Crippen LogP contribution < -0.4 is 0 Å². The third-order valence-corrected chi connectivity index (χ3v) is 2.22. The van der Waals surface area contributed by atoms with Crippen molar-refractivity contribution >= 4 is 18.3 Å². The fourth-order valence-electron chi connectivity index (χ4n) is 1.40. The summed E-state index contributed by atoms with van der Waals surface area (Å²) in [6.07, 6.45) is -2.71. The average Bonchev–Trinajstić information content (AvgIpc) is 2.34. The first-order valence-electron chi connectivity index (χ1n) is 4.92. The lowest BCUT2D eigenvalue weighted by atomic mass is 10.0. The molecular weight excluding hydrogens is 268 g/mol. The zero-order valence-electron chi connectivity index (χ0n) is 9.62. The Kier molecular flexibility index (Phi) is 4.42. The SMILES string of the molecule is COC(=O)c1c(C(F)(F)F)ccc(/C=C/C=O)c1F. The highest BCUT2D eigenvalue weighted by Crippen LogP contribution is 2.34. The zero-order valence-corrected chi connectivity index (χ0v) is 9.62. The second kappa shape index (κ2) is 5.64. The van der Waals surface area contributed by atoms with Crippen molar-refractivity contribution in [2.75, 3.05) is 7.11 Å². The van der Waals surface area contributed by atoms with Gasteiger partial charge in [0.05, 0.1) is 12.7 Å². The summed E-state index contributed by atoms with van der Waals surface area (Å²) >= 11 is 0. The lowest BCUT2D eigenvalue weighted by Crippen LogP contribution is -2.17. The van der Waals surface area contributed by atoms with Crippen molar-refractivity contribution in [3.05, 3.63) is 40.7 Å². The molecule has 1 aromatic carbocycles. The first kappa shape index (κ1) is 14.9. The Balaban J connectivity index is 3.54. The monoisotopic (exact) mass is 276 g/mol. The third kappa shape index (κ3) is 3.18. The number of carbonyl (C=O) groups is 2. The predicted octanol–water partition coefficient (Wildman–Crippen LogP) is 2.84. The van der Waals surface area contributed by atoms with Gasteiger partial charge in [-0.3, -0.25) is 4.79 Å². The van der Waals surface area contributed by atoms with Gasteiger partial charge >= 0.3 is 12.1 Å². The zero-order chi connectivity index (χ0) is 14.6. The maximum atomic E-state index is 13.9. The van der Waals surface area contributed by atoms with Gasteiger partial charge in [0.1, 0.15) is 17.7 Å². The van der Waals surface area contributed by atoms with Crippen LogP contribution in [0.25, 0.3) is 6.08 Å². The molecule has 0 saturated carbocycles. The highest BCUT2D eigenvalue weighted by molar-refractivity contribution is 5.92. The smallest absolute Gasteiger partial charge is 0.417 e. The number of esters is 1. The third-order valence-electron chi connectivity index (χ3n) is 2.22. The molecule has 0 heterocycles. The molecule has 102 valence electrons. The molecule has 0 aliphatic rings. The fraction of sp³-hybridized carbons (Fsp3) is 0.167. The minimum absolute atomic E-state index is 0.319. The summed E-state index contributed by atoms with van der Waals surface area (Å²) in [6.45, 7) is 0. The summed E-state index contributed by atoms with van der Waals surface area (Å²) < 4.78 is 56.0. The van der Waals surface area contributed by atoms with Gasteiger partial charge in [-0.2, -0.15) is 13.2 Å². The molecule has 0 fully saturated rings. The Hall–Kier alpha value is -2.18. The molecule has 0 aromatic heterocycles. The van der Waals surface area contributed by atoms with Crippen LogP contribution in [0, 0.1) is 5.82 Å². The number of ether oxygens (including phenoxy) is 1. The number of alkyl halides is 3. The molecule has 0 saturated heterocycles. The van der Waals surface area contributed by atoms with Gasteiger partial charge in [0.25, 0.3) is 0 Å². The fourth-order valence-corrected chi connectivity index (χ4v) is 1.40. The van der Waals surface area contributed by atoms with Gasteiger partial charge < -0.3 is 4.74 Å². The molecule has 1 rings (SSSR count). The van der Waals surface area contributed by atoms with Gasteiger partial charge in [-0.15, -0.1) is 0 Å². The van der Waals surface area contributed by atoms with Crippen LogP contribution in [0.3, 0.4) is 0 Å². The maximum Gasteiger partial charge on any atom is 0.417 e. The summed E-state index contributed by atoms with van der Waals surface area (Å²) in [7, 11) is 0.843. The Morgan fingerprint density at radius 1 is 1.32 bits per heavy atom. The van der Waals surface area contributed by atoms with Crippen LogP contribution >= 0.6 is 0 Å². The molecule has 3 nitrogen and oxygen atoms in total. The van der Waals surface area contributed by atoms with E-state index in [-0.39, 0.29) is 5.56 Å². The number of hydrogen-bond donors (Lipinski definition) is 0. The first-order chi connectivity index (χ1) is 8.82. The van der Waals surface area contributed by atoms with Crippen molar-refractivity contribution in [2.24, 2.45) is 0 Å². The van der Waals surface area contributed by atoms with Crippen LogP contribution in [0.15, 0.2) is 18.2 Å². The molecule has 7 heteroatoms. The van der Waals surface area contributed by atoms with Crippen molar-refractivity contribution < 1.29 is 31.9 Å². The molecule has 0 spiro atoms. The molecule has 0 bridgehead atoms. The van der Waals surface area contributed by atoms with Crippen molar-refractivity contribution in [3.8, 4) is 0 Å². The molecule has 0 unspecified atom stereocenters. The van der Waals surface area contributed by atoms with Crippen LogP contribution in [0.2, 0.25) is 0 Å². The van der Waals surface area contributed by atoms with Gasteiger partial charge in [-0.25, -0.2) is 9.18 Å². The van der Waals surface area contributed by atoms with Crippen LogP contribution in [0.5, 0.6) is 0 Å². The van der Waals surface area contributed by atoms with Crippen molar-refractivity contribution in [2.45, 2.75) is 6.18 Å². The van der Waals surface area contributed by atoms with Gasteiger partial charge in [0.15, 0.2) is 0 Å². The summed E-state index contributed by atoms with van der Waals surface area (Å²) in [5.74, 6) is -2.83. The summed E-state index contributed by atoms with van der Waals surface area (Å²) in [4.78, 5) is 21.4. The average molecular weight is 276 g/mol. The van der Waals surface area contributed by atoms with E-state index in [4.69, 9.17) is 0 Å². The summed E-state index contributed by atoms with van der Waals surface area (Å²) in [5, 5.41) is 0. The largest absolute Gasteiger partial charge is 0.465 e. The van der Waals surface area contributed by atoms with E-state index in [2.05, 4.69) is 4.74 Å². The van der Waals surface area contributed by atoms with E-state index in [1.807, 2.05) is 0 Å². The number of allylic oxidation sites excluding steroid dienone is 1. The van der Waals surface area contributed by atoms with E-state index in [0.717, 1.165) is 25.3 Å². The number of carbonyl (C=O) groups excluding carboxylic acids is 2. The van der Waals surface area contributed by atoms with E-state index >= 15 is 0 Å². The second-order valence-corrected chi connectivity index (χ2v) is 3.38. The van der Waals surface area contributed by atoms with E-state index in [1.54, 1.807) is 0 Å². The maximum absolute atomic E-state index is 13.9. The molecule has 0 atom stereocenters. The quantitative estimate of drug-likeness (QED) is 0.369. The van der Waals surface area contributed by atoms with Crippen molar-refractivity contribution in [1.29, 1.82) is 0 Å². The molecular formula is C12H8F4O3. The number of rotatable bonds is 3. The Morgan fingerprint density at radius 2 is 1.95 bits per heavy atom. The van der Waals surface area contributed by atoms with Gasteiger partial charge in [-0.1, -0.05) is 6.07 Å². The van der Waals surface area contributed by atoms with Crippen molar-refractivity contribution in [3.63, 3.8) is 0 Å². The van der Waals surface area contributed by atoms with Crippen LogP contribution in [-0.2, 0) is 15.7 Å². The first-order valence-corrected chi connectivity index (χ1v) is 4.92. The Labute approximate surface area is 105 Å². The van der Waals surface area contributed by atoms with Gasteiger partial charge in [-0.05, 0) is 18.2 Å². The summed E-state index contributed by atoms with van der Waals surface area (Å²) in [6, 6.07) is 1.38. The molecule has 0 radical (unpaired) electrons. The van der Waals surface area contributed by atoms with Crippen LogP contribution in [0.1, 0.15) is 21.5 Å². The minimum Gasteiger partial charge on any atom is -0.465 e. The van der Waals surface area contributed by atoms with E-state index in [0.29, 0.717) is 12.4 Å².